The van der Waals surface area contributed by atoms with E-state index in [-0.39, 0.29) is 24.0 Å². The number of rotatable bonds is 6. The lowest BCUT2D eigenvalue weighted by Crippen LogP contribution is -2.54. The molecule has 0 aromatic carbocycles. The molecule has 2 fully saturated rings. The van der Waals surface area contributed by atoms with Crippen LogP contribution in [0.1, 0.15) is 40.0 Å². The topological polar surface area (TPSA) is 65.1 Å². The lowest BCUT2D eigenvalue weighted by molar-refractivity contribution is -0.132. The Labute approximate surface area is 151 Å². The largest absolute Gasteiger partial charge is 0.379 e. The summed E-state index contributed by atoms with van der Waals surface area (Å²) in [6, 6.07) is 0.246. The molecule has 7 heteroatoms. The molecule has 0 radical (unpaired) electrons. The van der Waals surface area contributed by atoms with Gasteiger partial charge in [-0.25, -0.2) is 4.79 Å². The van der Waals surface area contributed by atoms with Crippen LogP contribution in [0.15, 0.2) is 0 Å². The number of ether oxygens (including phenoxy) is 1. The summed E-state index contributed by atoms with van der Waals surface area (Å²) < 4.78 is 5.37. The maximum Gasteiger partial charge on any atom is 0.317 e. The average molecular weight is 354 g/mol. The van der Waals surface area contributed by atoms with Gasteiger partial charge in [0.2, 0.25) is 5.91 Å². The number of piperidine rings is 1. The molecule has 0 aromatic rings. The average Bonchev–Trinajstić information content (AvgIpc) is 2.59. The van der Waals surface area contributed by atoms with Crippen molar-refractivity contribution in [3.8, 4) is 0 Å². The lowest BCUT2D eigenvalue weighted by atomic mass is 10.0. The Hall–Kier alpha value is -1.34. The molecule has 0 bridgehead atoms. The number of likely N-dealkylation sites (tertiary alicyclic amines) is 1. The van der Waals surface area contributed by atoms with Crippen molar-refractivity contribution in [2.45, 2.75) is 52.1 Å². The summed E-state index contributed by atoms with van der Waals surface area (Å²) in [5, 5.41) is 2.95. The summed E-state index contributed by atoms with van der Waals surface area (Å²) in [5.74, 6) is 0.109. The van der Waals surface area contributed by atoms with E-state index in [4.69, 9.17) is 4.74 Å². The molecule has 1 N–H and O–H groups in total. The first-order valence-corrected chi connectivity index (χ1v) is 9.60. The van der Waals surface area contributed by atoms with E-state index in [0.29, 0.717) is 6.54 Å². The third-order valence-electron chi connectivity index (χ3n) is 4.92. The normalized spacial score (nSPS) is 22.1. The summed E-state index contributed by atoms with van der Waals surface area (Å²) >= 11 is 0. The Morgan fingerprint density at radius 3 is 2.60 bits per heavy atom. The van der Waals surface area contributed by atoms with Crippen LogP contribution >= 0.6 is 0 Å². The van der Waals surface area contributed by atoms with Gasteiger partial charge in [-0.2, -0.15) is 0 Å². The molecule has 2 saturated heterocycles. The Bertz CT molecular complexity index is 438. The standard InChI is InChI=1S/C18H34N4O3/c1-15(2)19-18(24)21-8-4-6-17(14-21)22(16(3)23)9-5-7-20-10-12-25-13-11-20/h15,17H,4-14H2,1-3H3,(H,19,24). The molecule has 0 saturated carbocycles. The van der Waals surface area contributed by atoms with Gasteiger partial charge in [0.1, 0.15) is 0 Å². The van der Waals surface area contributed by atoms with Crippen LogP contribution < -0.4 is 5.32 Å². The van der Waals surface area contributed by atoms with Crippen LogP contribution in [0, 0.1) is 0 Å². The maximum atomic E-state index is 12.3. The monoisotopic (exact) mass is 354 g/mol. The molecule has 0 aromatic heterocycles. The van der Waals surface area contributed by atoms with E-state index in [1.165, 1.54) is 0 Å². The van der Waals surface area contributed by atoms with Gasteiger partial charge < -0.3 is 19.9 Å². The van der Waals surface area contributed by atoms with E-state index < -0.39 is 0 Å². The minimum absolute atomic E-state index is 0.0171. The number of hydrogen-bond donors (Lipinski definition) is 1. The highest BCUT2D eigenvalue weighted by Crippen LogP contribution is 2.17. The van der Waals surface area contributed by atoms with Crippen molar-refractivity contribution in [3.05, 3.63) is 0 Å². The van der Waals surface area contributed by atoms with E-state index in [2.05, 4.69) is 10.2 Å². The van der Waals surface area contributed by atoms with Crippen molar-refractivity contribution in [2.75, 3.05) is 52.5 Å². The van der Waals surface area contributed by atoms with Crippen LogP contribution in [0.3, 0.4) is 0 Å². The van der Waals surface area contributed by atoms with E-state index >= 15 is 0 Å². The second kappa shape index (κ2) is 9.97. The third-order valence-corrected chi connectivity index (χ3v) is 4.92. The minimum atomic E-state index is -0.0171. The second-order valence-electron chi connectivity index (χ2n) is 7.37. The van der Waals surface area contributed by atoms with Gasteiger partial charge >= 0.3 is 6.03 Å². The Morgan fingerprint density at radius 1 is 1.24 bits per heavy atom. The fraction of sp³-hybridized carbons (Fsp3) is 0.889. The number of carbonyl (C=O) groups excluding carboxylic acids is 2. The molecule has 1 unspecified atom stereocenters. The molecule has 0 aliphatic carbocycles. The third kappa shape index (κ3) is 6.47. The molecule has 3 amide bonds. The van der Waals surface area contributed by atoms with Crippen LogP contribution in [0.4, 0.5) is 4.79 Å². The molecule has 2 aliphatic heterocycles. The first-order chi connectivity index (χ1) is 12.0. The van der Waals surface area contributed by atoms with Crippen LogP contribution in [-0.4, -0.2) is 91.2 Å². The fourth-order valence-corrected chi connectivity index (χ4v) is 3.62. The SMILES string of the molecule is CC(=O)N(CCCN1CCOCC1)C1CCCN(C(=O)NC(C)C)C1. The van der Waals surface area contributed by atoms with Crippen molar-refractivity contribution >= 4 is 11.9 Å². The van der Waals surface area contributed by atoms with E-state index in [9.17, 15) is 9.59 Å². The van der Waals surface area contributed by atoms with Crippen LogP contribution in [-0.2, 0) is 9.53 Å². The van der Waals surface area contributed by atoms with Gasteiger partial charge in [-0.15, -0.1) is 0 Å². The number of nitrogens with zero attached hydrogens (tertiary/aromatic N) is 3. The van der Waals surface area contributed by atoms with Crippen molar-refractivity contribution in [1.29, 1.82) is 0 Å². The maximum absolute atomic E-state index is 12.3. The number of urea groups is 1. The molecular weight excluding hydrogens is 320 g/mol. The molecule has 7 nitrogen and oxygen atoms in total. The predicted octanol–water partition coefficient (Wildman–Crippen LogP) is 1.14. The molecule has 2 heterocycles. The quantitative estimate of drug-likeness (QED) is 0.777. The molecule has 25 heavy (non-hydrogen) atoms. The van der Waals surface area contributed by atoms with Gasteiger partial charge in [0, 0.05) is 58.3 Å². The van der Waals surface area contributed by atoms with Crippen molar-refractivity contribution in [2.24, 2.45) is 0 Å². The zero-order valence-corrected chi connectivity index (χ0v) is 16.0. The summed E-state index contributed by atoms with van der Waals surface area (Å²) in [7, 11) is 0. The Morgan fingerprint density at radius 2 is 1.96 bits per heavy atom. The molecule has 144 valence electrons. The zero-order valence-electron chi connectivity index (χ0n) is 16.0. The van der Waals surface area contributed by atoms with Gasteiger partial charge in [0.25, 0.3) is 0 Å². The van der Waals surface area contributed by atoms with Gasteiger partial charge in [0.05, 0.1) is 13.2 Å². The van der Waals surface area contributed by atoms with E-state index in [1.807, 2.05) is 23.6 Å². The number of amides is 3. The number of morpholine rings is 1. The summed E-state index contributed by atoms with van der Waals surface area (Å²) in [5.41, 5.74) is 0. The number of hydrogen-bond acceptors (Lipinski definition) is 4. The van der Waals surface area contributed by atoms with Gasteiger partial charge in [-0.1, -0.05) is 0 Å². The smallest absolute Gasteiger partial charge is 0.317 e. The molecule has 2 aliphatic rings. The highest BCUT2D eigenvalue weighted by molar-refractivity contribution is 5.75. The summed E-state index contributed by atoms with van der Waals surface area (Å²) in [6.45, 7) is 12.3. The highest BCUT2D eigenvalue weighted by Gasteiger charge is 2.29. The van der Waals surface area contributed by atoms with Gasteiger partial charge in [-0.3, -0.25) is 9.69 Å². The van der Waals surface area contributed by atoms with Gasteiger partial charge in [-0.05, 0) is 33.1 Å². The fourth-order valence-electron chi connectivity index (χ4n) is 3.62. The minimum Gasteiger partial charge on any atom is -0.379 e. The van der Waals surface area contributed by atoms with Crippen LogP contribution in [0.25, 0.3) is 0 Å². The molecule has 1 atom stereocenters. The van der Waals surface area contributed by atoms with Crippen molar-refractivity contribution in [1.82, 2.24) is 20.0 Å². The van der Waals surface area contributed by atoms with Crippen LogP contribution in [0.5, 0.6) is 0 Å². The van der Waals surface area contributed by atoms with E-state index in [1.54, 1.807) is 6.92 Å². The first kappa shape index (κ1) is 20.0. The molecular formula is C18H34N4O3. The molecule has 0 spiro atoms. The Kier molecular flexibility index (Phi) is 7.96. The summed E-state index contributed by atoms with van der Waals surface area (Å²) in [6.07, 6.45) is 2.89. The number of nitrogens with one attached hydrogen (secondary N) is 1. The second-order valence-corrected chi connectivity index (χ2v) is 7.37. The zero-order chi connectivity index (χ0) is 18.2. The van der Waals surface area contributed by atoms with Gasteiger partial charge in [0.15, 0.2) is 0 Å². The lowest BCUT2D eigenvalue weighted by Gasteiger charge is -2.39. The first-order valence-electron chi connectivity index (χ1n) is 9.60. The summed E-state index contributed by atoms with van der Waals surface area (Å²) in [4.78, 5) is 30.6. The molecule has 2 rings (SSSR count). The predicted molar refractivity (Wildman–Crippen MR) is 97.5 cm³/mol. The highest BCUT2D eigenvalue weighted by atomic mass is 16.5. The van der Waals surface area contributed by atoms with Crippen LogP contribution in [0.2, 0.25) is 0 Å². The Balaban J connectivity index is 1.83. The van der Waals surface area contributed by atoms with Crippen molar-refractivity contribution < 1.29 is 14.3 Å². The van der Waals surface area contributed by atoms with E-state index in [0.717, 1.165) is 65.2 Å². The van der Waals surface area contributed by atoms with Crippen molar-refractivity contribution in [3.63, 3.8) is 0 Å². The number of carbonyl (C=O) groups is 2.